The maximum absolute atomic E-state index is 9.23. The van der Waals surface area contributed by atoms with Crippen LogP contribution in [0.25, 0.3) is 0 Å². The first kappa shape index (κ1) is 14.0. The third-order valence-corrected chi connectivity index (χ3v) is 2.99. The summed E-state index contributed by atoms with van der Waals surface area (Å²) in [5.74, 6) is 0.944. The Morgan fingerprint density at radius 1 is 1.12 bits per heavy atom. The van der Waals surface area contributed by atoms with E-state index in [-0.39, 0.29) is 6.10 Å². The van der Waals surface area contributed by atoms with Crippen LogP contribution in [-0.2, 0) is 6.42 Å². The van der Waals surface area contributed by atoms with E-state index in [1.807, 2.05) is 19.1 Å². The predicted octanol–water partition coefficient (Wildman–Crippen LogP) is 3.57. The van der Waals surface area contributed by atoms with E-state index in [2.05, 4.69) is 26.0 Å². The van der Waals surface area contributed by atoms with Crippen LogP contribution in [0.4, 0.5) is 0 Å². The van der Waals surface area contributed by atoms with E-state index in [1.54, 1.807) is 0 Å². The highest BCUT2D eigenvalue weighted by Crippen LogP contribution is 2.17. The molecule has 0 aliphatic carbocycles. The molecule has 1 unspecified atom stereocenters. The Bertz CT molecular complexity index is 299. The summed E-state index contributed by atoms with van der Waals surface area (Å²) in [6.45, 7) is 6.11. The van der Waals surface area contributed by atoms with Crippen LogP contribution in [0, 0.1) is 0 Å². The number of rotatable bonds is 7. The van der Waals surface area contributed by atoms with Crippen LogP contribution in [0.3, 0.4) is 0 Å². The van der Waals surface area contributed by atoms with Crippen molar-refractivity contribution >= 4 is 0 Å². The van der Waals surface area contributed by atoms with Crippen molar-refractivity contribution in [3.8, 4) is 5.75 Å². The van der Waals surface area contributed by atoms with E-state index in [0.717, 1.165) is 31.4 Å². The lowest BCUT2D eigenvalue weighted by atomic mass is 10.1. The fourth-order valence-electron chi connectivity index (χ4n) is 1.76. The molecule has 2 heteroatoms. The SMILES string of the molecule is CCC(CC)Oc1ccc(CCC(C)O)cc1. The van der Waals surface area contributed by atoms with Crippen LogP contribution in [-0.4, -0.2) is 17.3 Å². The van der Waals surface area contributed by atoms with Gasteiger partial charge in [-0.1, -0.05) is 26.0 Å². The highest BCUT2D eigenvalue weighted by Gasteiger charge is 2.05. The smallest absolute Gasteiger partial charge is 0.119 e. The van der Waals surface area contributed by atoms with Gasteiger partial charge in [0.2, 0.25) is 0 Å². The number of aliphatic hydroxyl groups is 1. The summed E-state index contributed by atoms with van der Waals surface area (Å²) in [7, 11) is 0. The summed E-state index contributed by atoms with van der Waals surface area (Å²) in [6, 6.07) is 8.21. The largest absolute Gasteiger partial charge is 0.490 e. The molecule has 0 spiro atoms. The van der Waals surface area contributed by atoms with Crippen LogP contribution in [0.15, 0.2) is 24.3 Å². The monoisotopic (exact) mass is 236 g/mol. The molecule has 1 rings (SSSR count). The Balaban J connectivity index is 2.49. The Labute approximate surface area is 105 Å². The molecule has 0 bridgehead atoms. The summed E-state index contributed by atoms with van der Waals surface area (Å²) >= 11 is 0. The van der Waals surface area contributed by atoms with Crippen LogP contribution < -0.4 is 4.74 Å². The molecule has 0 saturated carbocycles. The van der Waals surface area contributed by atoms with Gasteiger partial charge in [-0.25, -0.2) is 0 Å². The molecule has 1 aromatic carbocycles. The third-order valence-electron chi connectivity index (χ3n) is 2.99. The van der Waals surface area contributed by atoms with Gasteiger partial charge in [0.1, 0.15) is 5.75 Å². The van der Waals surface area contributed by atoms with Gasteiger partial charge in [0, 0.05) is 0 Å². The van der Waals surface area contributed by atoms with Crippen molar-refractivity contribution in [2.75, 3.05) is 0 Å². The normalized spacial score (nSPS) is 12.8. The molecule has 0 aliphatic rings. The van der Waals surface area contributed by atoms with E-state index in [9.17, 15) is 5.11 Å². The van der Waals surface area contributed by atoms with Gasteiger partial charge in [-0.2, -0.15) is 0 Å². The van der Waals surface area contributed by atoms with Gasteiger partial charge in [-0.3, -0.25) is 0 Å². The number of hydrogen-bond acceptors (Lipinski definition) is 2. The van der Waals surface area contributed by atoms with Crippen molar-refractivity contribution in [3.05, 3.63) is 29.8 Å². The zero-order valence-corrected chi connectivity index (χ0v) is 11.1. The molecule has 1 aromatic rings. The highest BCUT2D eigenvalue weighted by molar-refractivity contribution is 5.27. The predicted molar refractivity (Wildman–Crippen MR) is 71.4 cm³/mol. The Morgan fingerprint density at radius 2 is 1.71 bits per heavy atom. The molecule has 1 N–H and O–H groups in total. The second-order valence-electron chi connectivity index (χ2n) is 4.59. The van der Waals surface area contributed by atoms with Crippen molar-refractivity contribution < 1.29 is 9.84 Å². The van der Waals surface area contributed by atoms with Gasteiger partial charge in [-0.05, 0) is 50.3 Å². The highest BCUT2D eigenvalue weighted by atomic mass is 16.5. The number of hydrogen-bond donors (Lipinski definition) is 1. The van der Waals surface area contributed by atoms with E-state index in [4.69, 9.17) is 4.74 Å². The first-order chi connectivity index (χ1) is 8.15. The van der Waals surface area contributed by atoms with Gasteiger partial charge in [0.25, 0.3) is 0 Å². The lowest BCUT2D eigenvalue weighted by molar-refractivity contribution is 0.185. The molecule has 96 valence electrons. The van der Waals surface area contributed by atoms with Gasteiger partial charge >= 0.3 is 0 Å². The number of ether oxygens (including phenoxy) is 1. The molecule has 0 saturated heterocycles. The summed E-state index contributed by atoms with van der Waals surface area (Å²) in [5, 5.41) is 9.23. The van der Waals surface area contributed by atoms with Gasteiger partial charge in [0.15, 0.2) is 0 Å². The topological polar surface area (TPSA) is 29.5 Å². The fourth-order valence-corrected chi connectivity index (χ4v) is 1.76. The zero-order chi connectivity index (χ0) is 12.7. The lowest BCUT2D eigenvalue weighted by Crippen LogP contribution is -2.13. The molecule has 0 amide bonds. The van der Waals surface area contributed by atoms with Crippen molar-refractivity contribution in [2.45, 2.75) is 58.7 Å². The van der Waals surface area contributed by atoms with Crippen molar-refractivity contribution in [2.24, 2.45) is 0 Å². The minimum absolute atomic E-state index is 0.226. The molecule has 17 heavy (non-hydrogen) atoms. The fraction of sp³-hybridized carbons (Fsp3) is 0.600. The first-order valence-electron chi connectivity index (χ1n) is 6.59. The summed E-state index contributed by atoms with van der Waals surface area (Å²) in [5.41, 5.74) is 1.25. The Morgan fingerprint density at radius 3 is 2.18 bits per heavy atom. The molecule has 2 nitrogen and oxygen atoms in total. The standard InChI is InChI=1S/C15H24O2/c1-4-14(5-2)17-15-10-8-13(9-11-15)7-6-12(3)16/h8-12,14,16H,4-7H2,1-3H3. The van der Waals surface area contributed by atoms with Crippen LogP contribution in [0.1, 0.15) is 45.6 Å². The van der Waals surface area contributed by atoms with Gasteiger partial charge in [-0.15, -0.1) is 0 Å². The third kappa shape index (κ3) is 5.22. The molecular formula is C15H24O2. The average Bonchev–Trinajstić information content (AvgIpc) is 2.34. The lowest BCUT2D eigenvalue weighted by Gasteiger charge is -2.15. The van der Waals surface area contributed by atoms with Crippen LogP contribution >= 0.6 is 0 Å². The number of benzene rings is 1. The Hall–Kier alpha value is -1.02. The molecule has 0 radical (unpaired) electrons. The van der Waals surface area contributed by atoms with E-state index in [0.29, 0.717) is 6.10 Å². The minimum Gasteiger partial charge on any atom is -0.490 e. The number of aliphatic hydroxyl groups excluding tert-OH is 1. The van der Waals surface area contributed by atoms with Crippen molar-refractivity contribution in [1.82, 2.24) is 0 Å². The van der Waals surface area contributed by atoms with E-state index >= 15 is 0 Å². The van der Waals surface area contributed by atoms with E-state index < -0.39 is 0 Å². The minimum atomic E-state index is -0.226. The molecular weight excluding hydrogens is 212 g/mol. The molecule has 0 aromatic heterocycles. The Kier molecular flexibility index (Phi) is 6.06. The van der Waals surface area contributed by atoms with Crippen molar-refractivity contribution in [3.63, 3.8) is 0 Å². The summed E-state index contributed by atoms with van der Waals surface area (Å²) in [4.78, 5) is 0. The quantitative estimate of drug-likeness (QED) is 0.784. The van der Waals surface area contributed by atoms with Gasteiger partial charge < -0.3 is 9.84 Å². The number of aryl methyl sites for hydroxylation is 1. The molecule has 0 aliphatic heterocycles. The first-order valence-corrected chi connectivity index (χ1v) is 6.59. The maximum Gasteiger partial charge on any atom is 0.119 e. The maximum atomic E-state index is 9.23. The zero-order valence-electron chi connectivity index (χ0n) is 11.1. The van der Waals surface area contributed by atoms with Crippen LogP contribution in [0.5, 0.6) is 5.75 Å². The van der Waals surface area contributed by atoms with Crippen LogP contribution in [0.2, 0.25) is 0 Å². The van der Waals surface area contributed by atoms with E-state index in [1.165, 1.54) is 5.56 Å². The molecule has 1 atom stereocenters. The molecule has 0 fully saturated rings. The molecule has 0 heterocycles. The van der Waals surface area contributed by atoms with Crippen molar-refractivity contribution in [1.29, 1.82) is 0 Å². The average molecular weight is 236 g/mol. The van der Waals surface area contributed by atoms with Gasteiger partial charge in [0.05, 0.1) is 12.2 Å². The second-order valence-corrected chi connectivity index (χ2v) is 4.59. The summed E-state index contributed by atoms with van der Waals surface area (Å²) < 4.78 is 5.84. The summed E-state index contributed by atoms with van der Waals surface area (Å²) in [6.07, 6.45) is 3.91. The second kappa shape index (κ2) is 7.33.